The van der Waals surface area contributed by atoms with Crippen LogP contribution in [0.3, 0.4) is 0 Å². The molecule has 33 heavy (non-hydrogen) atoms. The maximum atomic E-state index is 13.1. The molecule has 10 heteroatoms. The second kappa shape index (κ2) is 8.33. The molecule has 0 spiro atoms. The highest BCUT2D eigenvalue weighted by Crippen LogP contribution is 2.57. The zero-order chi connectivity index (χ0) is 24.1. The standard InChI is InChI=1S/C23H27N3O6S/c1-11(2)18-16-9-10-17(18)20(23(28)29)19(16)21(27)24-14-5-7-15(8-6-14)33(30,31)26-22-12(3)13(4)25-32-22/h5-8,16-17,19-20,26H,9-10H2,1-4H3,(H,24,27)(H,28,29)/t16-,17-,19-,20-/m1/s1. The van der Waals surface area contributed by atoms with E-state index in [1.807, 2.05) is 13.8 Å². The Balaban J connectivity index is 1.51. The summed E-state index contributed by atoms with van der Waals surface area (Å²) in [4.78, 5) is 25.1. The third-order valence-corrected chi connectivity index (χ3v) is 8.17. The number of allylic oxidation sites excluding steroid dienone is 2. The summed E-state index contributed by atoms with van der Waals surface area (Å²) >= 11 is 0. The van der Waals surface area contributed by atoms with E-state index in [4.69, 9.17) is 4.52 Å². The van der Waals surface area contributed by atoms with E-state index in [0.29, 0.717) is 16.9 Å². The van der Waals surface area contributed by atoms with Gasteiger partial charge < -0.3 is 14.9 Å². The zero-order valence-corrected chi connectivity index (χ0v) is 19.7. The summed E-state index contributed by atoms with van der Waals surface area (Å²) in [5, 5.41) is 16.3. The van der Waals surface area contributed by atoms with Crippen LogP contribution in [-0.4, -0.2) is 30.6 Å². The number of nitrogens with one attached hydrogen (secondary N) is 2. The molecule has 9 nitrogen and oxygen atoms in total. The van der Waals surface area contributed by atoms with Crippen molar-refractivity contribution in [3.8, 4) is 0 Å². The van der Waals surface area contributed by atoms with Crippen LogP contribution in [0, 0.1) is 37.5 Å². The summed E-state index contributed by atoms with van der Waals surface area (Å²) in [7, 11) is -3.91. The molecule has 1 aromatic heterocycles. The Hall–Kier alpha value is -3.14. The van der Waals surface area contributed by atoms with Crippen molar-refractivity contribution in [1.82, 2.24) is 5.16 Å². The number of anilines is 2. The number of nitrogens with zero attached hydrogens (tertiary/aromatic N) is 1. The summed E-state index contributed by atoms with van der Waals surface area (Å²) in [5.74, 6) is -2.81. The number of aromatic nitrogens is 1. The van der Waals surface area contributed by atoms with Gasteiger partial charge in [0.1, 0.15) is 0 Å². The largest absolute Gasteiger partial charge is 0.481 e. The molecule has 2 fully saturated rings. The minimum atomic E-state index is -3.91. The van der Waals surface area contributed by atoms with Crippen LogP contribution in [0.1, 0.15) is 37.9 Å². The van der Waals surface area contributed by atoms with Gasteiger partial charge in [0.25, 0.3) is 10.0 Å². The van der Waals surface area contributed by atoms with Gasteiger partial charge in [-0.25, -0.2) is 13.1 Å². The number of aliphatic carboxylic acids is 1. The van der Waals surface area contributed by atoms with E-state index < -0.39 is 27.8 Å². The normalized spacial score (nSPS) is 24.1. The van der Waals surface area contributed by atoms with E-state index in [2.05, 4.69) is 15.2 Å². The lowest BCUT2D eigenvalue weighted by Gasteiger charge is -2.26. The minimum Gasteiger partial charge on any atom is -0.481 e. The summed E-state index contributed by atoms with van der Waals surface area (Å²) in [5.41, 5.74) is 3.77. The SMILES string of the molecule is CC(C)=C1[C@H]2CC[C@H]1[C@@H](C(=O)Nc1ccc(S(=O)(=O)Nc3onc(C)c3C)cc1)[C@@H]2C(=O)O. The van der Waals surface area contributed by atoms with Crippen molar-refractivity contribution < 1.29 is 27.6 Å². The molecule has 2 aliphatic rings. The number of hydrogen-bond donors (Lipinski definition) is 3. The smallest absolute Gasteiger partial charge is 0.307 e. The van der Waals surface area contributed by atoms with Gasteiger partial charge >= 0.3 is 5.97 Å². The lowest BCUT2D eigenvalue weighted by molar-refractivity contribution is -0.148. The Labute approximate surface area is 192 Å². The monoisotopic (exact) mass is 473 g/mol. The molecule has 4 rings (SSSR count). The quantitative estimate of drug-likeness (QED) is 0.543. The van der Waals surface area contributed by atoms with Gasteiger partial charge in [-0.1, -0.05) is 16.3 Å². The van der Waals surface area contributed by atoms with Gasteiger partial charge in [-0.3, -0.25) is 9.59 Å². The highest BCUT2D eigenvalue weighted by Gasteiger charge is 2.57. The Morgan fingerprint density at radius 1 is 1.06 bits per heavy atom. The second-order valence-corrected chi connectivity index (χ2v) is 10.7. The number of hydrogen-bond acceptors (Lipinski definition) is 6. The van der Waals surface area contributed by atoms with Crippen molar-refractivity contribution in [2.24, 2.45) is 23.7 Å². The van der Waals surface area contributed by atoms with Crippen LogP contribution in [0.25, 0.3) is 0 Å². The molecule has 1 amide bonds. The molecule has 1 heterocycles. The van der Waals surface area contributed by atoms with Crippen molar-refractivity contribution >= 4 is 33.5 Å². The van der Waals surface area contributed by atoms with E-state index in [1.54, 1.807) is 13.8 Å². The molecule has 4 atom stereocenters. The molecular weight excluding hydrogens is 446 g/mol. The average Bonchev–Trinajstić information content (AvgIpc) is 3.41. The van der Waals surface area contributed by atoms with Gasteiger partial charge in [0, 0.05) is 11.3 Å². The number of rotatable bonds is 6. The molecule has 0 saturated heterocycles. The highest BCUT2D eigenvalue weighted by atomic mass is 32.2. The highest BCUT2D eigenvalue weighted by molar-refractivity contribution is 7.92. The van der Waals surface area contributed by atoms with Crippen LogP contribution in [0.4, 0.5) is 11.6 Å². The van der Waals surface area contributed by atoms with Gasteiger partial charge in [-0.05, 0) is 76.6 Å². The number of aryl methyl sites for hydroxylation is 1. The fourth-order valence-electron chi connectivity index (χ4n) is 5.24. The summed E-state index contributed by atoms with van der Waals surface area (Å²) in [6, 6.07) is 5.70. The Bertz CT molecular complexity index is 1240. The van der Waals surface area contributed by atoms with Crippen LogP contribution in [0.15, 0.2) is 44.8 Å². The van der Waals surface area contributed by atoms with Crippen molar-refractivity contribution in [3.05, 3.63) is 46.7 Å². The summed E-state index contributed by atoms with van der Waals surface area (Å²) < 4.78 is 32.7. The van der Waals surface area contributed by atoms with E-state index in [-0.39, 0.29) is 28.5 Å². The maximum absolute atomic E-state index is 13.1. The molecule has 0 radical (unpaired) electrons. The van der Waals surface area contributed by atoms with Gasteiger partial charge in [-0.2, -0.15) is 0 Å². The van der Waals surface area contributed by atoms with Crippen molar-refractivity contribution in [1.29, 1.82) is 0 Å². The molecule has 176 valence electrons. The predicted molar refractivity (Wildman–Crippen MR) is 121 cm³/mol. The fraction of sp³-hybridized carbons (Fsp3) is 0.435. The van der Waals surface area contributed by atoms with Gasteiger partial charge in [0.2, 0.25) is 11.8 Å². The number of fused-ring (bicyclic) bond motifs is 2. The molecule has 2 bridgehead atoms. The molecule has 0 aliphatic heterocycles. The number of amides is 1. The molecule has 0 unspecified atom stereocenters. The first-order valence-corrected chi connectivity index (χ1v) is 12.3. The average molecular weight is 474 g/mol. The number of carbonyl (C=O) groups is 2. The third kappa shape index (κ3) is 4.03. The predicted octanol–water partition coefficient (Wildman–Crippen LogP) is 3.72. The summed E-state index contributed by atoms with van der Waals surface area (Å²) in [6.45, 7) is 7.34. The van der Waals surface area contributed by atoms with Crippen LogP contribution < -0.4 is 10.0 Å². The van der Waals surface area contributed by atoms with Crippen LogP contribution in [0.2, 0.25) is 0 Å². The summed E-state index contributed by atoms with van der Waals surface area (Å²) in [6.07, 6.45) is 1.59. The number of sulfonamides is 1. The molecule has 2 aliphatic carbocycles. The van der Waals surface area contributed by atoms with Crippen LogP contribution >= 0.6 is 0 Å². The number of benzene rings is 1. The molecule has 3 N–H and O–H groups in total. The first-order valence-electron chi connectivity index (χ1n) is 10.8. The molecule has 1 aromatic carbocycles. The van der Waals surface area contributed by atoms with E-state index in [0.717, 1.165) is 24.0 Å². The zero-order valence-electron chi connectivity index (χ0n) is 18.9. The van der Waals surface area contributed by atoms with E-state index in [1.165, 1.54) is 24.3 Å². The van der Waals surface area contributed by atoms with E-state index >= 15 is 0 Å². The van der Waals surface area contributed by atoms with Crippen molar-refractivity contribution in [2.45, 2.75) is 45.4 Å². The Kier molecular flexibility index (Phi) is 5.81. The third-order valence-electron chi connectivity index (χ3n) is 6.82. The Morgan fingerprint density at radius 3 is 2.18 bits per heavy atom. The van der Waals surface area contributed by atoms with E-state index in [9.17, 15) is 23.1 Å². The van der Waals surface area contributed by atoms with Gasteiger partial charge in [0.15, 0.2) is 0 Å². The number of carbonyl (C=O) groups excluding carboxylic acids is 1. The maximum Gasteiger partial charge on any atom is 0.307 e. The first-order chi connectivity index (χ1) is 15.5. The fourth-order valence-corrected chi connectivity index (χ4v) is 6.29. The van der Waals surface area contributed by atoms with Crippen LogP contribution in [-0.2, 0) is 19.6 Å². The first kappa shape index (κ1) is 23.0. The second-order valence-electron chi connectivity index (χ2n) is 8.98. The Morgan fingerprint density at radius 2 is 1.67 bits per heavy atom. The number of carboxylic acids is 1. The molecule has 2 aromatic rings. The number of carboxylic acid groups (broad SMARTS) is 1. The van der Waals surface area contributed by atoms with Gasteiger partial charge in [-0.15, -0.1) is 0 Å². The molecule has 2 saturated carbocycles. The lowest BCUT2D eigenvalue weighted by atomic mass is 9.78. The topological polar surface area (TPSA) is 139 Å². The van der Waals surface area contributed by atoms with Gasteiger partial charge in [0.05, 0.1) is 22.4 Å². The van der Waals surface area contributed by atoms with Crippen LogP contribution in [0.5, 0.6) is 0 Å². The lowest BCUT2D eigenvalue weighted by Crippen LogP contribution is -2.37. The minimum absolute atomic E-state index is 0.0101. The van der Waals surface area contributed by atoms with Crippen molar-refractivity contribution in [3.63, 3.8) is 0 Å². The molecular formula is C23H27N3O6S. The van der Waals surface area contributed by atoms with Crippen molar-refractivity contribution in [2.75, 3.05) is 10.0 Å².